The predicted molar refractivity (Wildman–Crippen MR) is 53.9 cm³/mol. The van der Waals surface area contributed by atoms with Crippen LogP contribution in [0.25, 0.3) is 0 Å². The van der Waals surface area contributed by atoms with Gasteiger partial charge in [0.15, 0.2) is 0 Å². The van der Waals surface area contributed by atoms with E-state index in [1.165, 1.54) is 7.11 Å². The minimum Gasteiger partial charge on any atom is -0.466 e. The van der Waals surface area contributed by atoms with Crippen molar-refractivity contribution in [1.29, 1.82) is 0 Å². The maximum atomic E-state index is 11.1. The zero-order valence-electron chi connectivity index (χ0n) is 9.20. The Kier molecular flexibility index (Phi) is 5.22. The van der Waals surface area contributed by atoms with Crippen LogP contribution in [0.5, 0.6) is 0 Å². The summed E-state index contributed by atoms with van der Waals surface area (Å²) in [6.07, 6.45) is -1.17. The van der Waals surface area contributed by atoms with Crippen molar-refractivity contribution in [2.45, 2.75) is 26.4 Å². The Morgan fingerprint density at radius 2 is 1.87 bits per heavy atom. The van der Waals surface area contributed by atoms with Crippen molar-refractivity contribution in [2.75, 3.05) is 13.3 Å². The van der Waals surface area contributed by atoms with Crippen LogP contribution in [-0.2, 0) is 18.8 Å². The molecule has 86 valence electrons. The lowest BCUT2D eigenvalue weighted by atomic mass is 10.2. The van der Waals surface area contributed by atoms with E-state index < -0.39 is 25.6 Å². The molecule has 0 aromatic carbocycles. The van der Waals surface area contributed by atoms with Crippen molar-refractivity contribution in [3.05, 3.63) is 0 Å². The number of nitrogens with one attached hydrogen (secondary N) is 1. The summed E-state index contributed by atoms with van der Waals surface area (Å²) < 4.78 is 20.3. The molecule has 1 N–H and O–H groups in total. The quantitative estimate of drug-likeness (QED) is 0.592. The average molecular weight is 236 g/mol. The molecule has 0 spiro atoms. The van der Waals surface area contributed by atoms with Crippen molar-refractivity contribution >= 4 is 20.0 Å². The first-order valence-electron chi connectivity index (χ1n) is 4.25. The van der Waals surface area contributed by atoms with Crippen LogP contribution >= 0.6 is 7.95 Å². The highest BCUT2D eigenvalue weighted by Gasteiger charge is 2.27. The fourth-order valence-corrected chi connectivity index (χ4v) is 1.32. The lowest BCUT2D eigenvalue weighted by Crippen LogP contribution is -2.29. The van der Waals surface area contributed by atoms with Gasteiger partial charge in [-0.1, -0.05) is 0 Å². The molecular weight excluding hydrogens is 221 g/mol. The zero-order chi connectivity index (χ0) is 12.1. The average Bonchev–Trinajstić information content (AvgIpc) is 1.99. The maximum absolute atomic E-state index is 11.1. The molecule has 0 fully saturated rings. The van der Waals surface area contributed by atoms with E-state index in [1.54, 1.807) is 20.8 Å². The molecule has 1 atom stereocenters. The summed E-state index contributed by atoms with van der Waals surface area (Å²) in [5.74, 6) is -0.646. The number of hydrogen-bond acceptors (Lipinski definition) is 5. The first-order chi connectivity index (χ1) is 6.74. The topological polar surface area (TPSA) is 81.7 Å². The van der Waals surface area contributed by atoms with E-state index in [-0.39, 0.29) is 6.16 Å². The molecule has 0 aliphatic rings. The molecule has 0 saturated heterocycles. The van der Waals surface area contributed by atoms with Gasteiger partial charge in [0, 0.05) is 0 Å². The third-order valence-electron chi connectivity index (χ3n) is 1.12. The van der Waals surface area contributed by atoms with Crippen LogP contribution in [0, 0.1) is 0 Å². The minimum absolute atomic E-state index is 0.356. The van der Waals surface area contributed by atoms with Gasteiger partial charge >= 0.3 is 20.0 Å². The van der Waals surface area contributed by atoms with Gasteiger partial charge in [0.2, 0.25) is 0 Å². The second-order valence-corrected chi connectivity index (χ2v) is 5.02. The van der Waals surface area contributed by atoms with Crippen LogP contribution in [0.15, 0.2) is 0 Å². The van der Waals surface area contributed by atoms with Gasteiger partial charge in [0.1, 0.15) is 5.60 Å². The van der Waals surface area contributed by atoms with Crippen molar-refractivity contribution in [2.24, 2.45) is 0 Å². The Hall–Kier alpha value is -1.16. The number of carbonyl (C=O) groups is 2. The van der Waals surface area contributed by atoms with Crippen LogP contribution in [0.2, 0.25) is 0 Å². The van der Waals surface area contributed by atoms with Crippen LogP contribution < -0.4 is 5.09 Å². The van der Waals surface area contributed by atoms with Gasteiger partial charge in [0.05, 0.1) is 7.11 Å². The fourth-order valence-electron chi connectivity index (χ4n) is 0.624. The lowest BCUT2D eigenvalue weighted by molar-refractivity contribution is -0.137. The summed E-state index contributed by atoms with van der Waals surface area (Å²) in [7, 11) is -0.988. The van der Waals surface area contributed by atoms with Crippen molar-refractivity contribution in [3.8, 4) is 0 Å². The van der Waals surface area contributed by atoms with Crippen LogP contribution in [-0.4, -0.2) is 30.9 Å². The largest absolute Gasteiger partial charge is 0.477 e. The summed E-state index contributed by atoms with van der Waals surface area (Å²) in [5.41, 5.74) is -0.661. The summed E-state index contributed by atoms with van der Waals surface area (Å²) in [6.45, 7) is 5.04. The Labute approximate surface area is 89.2 Å². The highest BCUT2D eigenvalue weighted by Crippen LogP contribution is 2.16. The number of ether oxygens (including phenoxy) is 2. The molecule has 0 rings (SSSR count). The van der Waals surface area contributed by atoms with E-state index in [0.29, 0.717) is 0 Å². The molecule has 1 unspecified atom stereocenters. The third kappa shape index (κ3) is 7.88. The standard InChI is InChI=1S/C8H14NO5P/c1-8(2,3)14-7(11)9-15(12)5-6(10)13-4/h5H2,1-4H3/p+1. The number of esters is 1. The second kappa shape index (κ2) is 5.66. The van der Waals surface area contributed by atoms with E-state index in [1.807, 2.05) is 5.09 Å². The van der Waals surface area contributed by atoms with Gasteiger partial charge in [-0.25, -0.2) is 9.59 Å². The number of methoxy groups -OCH3 is 1. The van der Waals surface area contributed by atoms with Crippen molar-refractivity contribution in [1.82, 2.24) is 5.09 Å². The van der Waals surface area contributed by atoms with Crippen LogP contribution in [0.1, 0.15) is 20.8 Å². The summed E-state index contributed by atoms with van der Waals surface area (Å²) in [5, 5.41) is 2.05. The maximum Gasteiger partial charge on any atom is 0.477 e. The van der Waals surface area contributed by atoms with E-state index >= 15 is 0 Å². The van der Waals surface area contributed by atoms with Gasteiger partial charge in [0.25, 0.3) is 6.16 Å². The van der Waals surface area contributed by atoms with Gasteiger partial charge in [-0.15, -0.1) is 5.09 Å². The Balaban J connectivity index is 3.98. The van der Waals surface area contributed by atoms with Crippen LogP contribution in [0.3, 0.4) is 0 Å². The Bertz CT molecular complexity index is 271. The zero-order valence-corrected chi connectivity index (χ0v) is 10.1. The molecule has 0 aromatic heterocycles. The normalized spacial score (nSPS) is 11.6. The van der Waals surface area contributed by atoms with Crippen molar-refractivity contribution < 1.29 is 23.6 Å². The third-order valence-corrected chi connectivity index (χ3v) is 2.09. The number of hydrogen-bond donors (Lipinski definition) is 1. The summed E-state index contributed by atoms with van der Waals surface area (Å²) in [6, 6.07) is 0. The van der Waals surface area contributed by atoms with Gasteiger partial charge in [-0.05, 0) is 25.3 Å². The molecule has 1 amide bonds. The first kappa shape index (κ1) is 13.8. The first-order valence-corrected chi connectivity index (χ1v) is 5.70. The van der Waals surface area contributed by atoms with Gasteiger partial charge in [-0.2, -0.15) is 0 Å². The minimum atomic E-state index is -2.17. The van der Waals surface area contributed by atoms with Crippen LogP contribution in [0.4, 0.5) is 4.79 Å². The van der Waals surface area contributed by atoms with E-state index in [9.17, 15) is 14.2 Å². The molecule has 15 heavy (non-hydrogen) atoms. The fraction of sp³-hybridized carbons (Fsp3) is 0.750. The smallest absolute Gasteiger partial charge is 0.466 e. The number of rotatable bonds is 3. The Morgan fingerprint density at radius 1 is 1.33 bits per heavy atom. The highest BCUT2D eigenvalue weighted by atomic mass is 31.1. The molecule has 7 heteroatoms. The molecule has 0 aliphatic carbocycles. The molecule has 0 heterocycles. The highest BCUT2D eigenvalue weighted by molar-refractivity contribution is 7.44. The number of carbonyl (C=O) groups excluding carboxylic acids is 2. The molecule has 0 saturated carbocycles. The van der Waals surface area contributed by atoms with Crippen molar-refractivity contribution in [3.63, 3.8) is 0 Å². The monoisotopic (exact) mass is 236 g/mol. The summed E-state index contributed by atoms with van der Waals surface area (Å²) >= 11 is 0. The lowest BCUT2D eigenvalue weighted by Gasteiger charge is -2.17. The SMILES string of the molecule is COC(=O)C[P+](=O)NC(=O)OC(C)(C)C. The Morgan fingerprint density at radius 3 is 2.27 bits per heavy atom. The number of amides is 1. The van der Waals surface area contributed by atoms with E-state index in [2.05, 4.69) is 4.74 Å². The summed E-state index contributed by atoms with van der Waals surface area (Å²) in [4.78, 5) is 21.8. The molecular formula is C8H15NO5P+. The molecule has 0 bridgehead atoms. The van der Waals surface area contributed by atoms with Gasteiger partial charge in [-0.3, -0.25) is 0 Å². The van der Waals surface area contributed by atoms with E-state index in [4.69, 9.17) is 4.74 Å². The molecule has 6 nitrogen and oxygen atoms in total. The molecule has 0 aromatic rings. The second-order valence-electron chi connectivity index (χ2n) is 3.73. The molecule has 0 radical (unpaired) electrons. The van der Waals surface area contributed by atoms with E-state index in [0.717, 1.165) is 0 Å². The van der Waals surface area contributed by atoms with Gasteiger partial charge < -0.3 is 9.47 Å². The predicted octanol–water partition coefficient (Wildman–Crippen LogP) is 1.43. The molecule has 0 aliphatic heterocycles.